The lowest BCUT2D eigenvalue weighted by Crippen LogP contribution is -2.48. The van der Waals surface area contributed by atoms with E-state index in [1.54, 1.807) is 0 Å². The molecule has 0 unspecified atom stereocenters. The minimum absolute atomic E-state index is 0. The second-order valence-corrected chi connectivity index (χ2v) is 6.73. The Morgan fingerprint density at radius 1 is 0.963 bits per heavy atom. The normalized spacial score (nSPS) is 16.1. The van der Waals surface area contributed by atoms with Crippen LogP contribution in [-0.4, -0.2) is 36.5 Å². The third-order valence-corrected chi connectivity index (χ3v) is 4.53. The van der Waals surface area contributed by atoms with E-state index in [4.69, 9.17) is 0 Å². The minimum Gasteiger partial charge on any atom is -0.351 e. The van der Waals surface area contributed by atoms with E-state index in [-0.39, 0.29) is 36.8 Å². The lowest BCUT2D eigenvalue weighted by Gasteiger charge is -2.26. The van der Waals surface area contributed by atoms with Crippen molar-refractivity contribution in [3.63, 3.8) is 0 Å². The second-order valence-electron chi connectivity index (χ2n) is 6.73. The summed E-state index contributed by atoms with van der Waals surface area (Å²) in [5, 5.41) is 6.52. The summed E-state index contributed by atoms with van der Waals surface area (Å²) in [5.74, 6) is 0.112. The lowest BCUT2D eigenvalue weighted by atomic mass is 10.1. The zero-order valence-corrected chi connectivity index (χ0v) is 17.1. The highest BCUT2D eigenvalue weighted by Gasteiger charge is 2.17. The van der Waals surface area contributed by atoms with Gasteiger partial charge in [-0.15, -0.1) is 24.8 Å². The molecule has 0 spiro atoms. The largest absolute Gasteiger partial charge is 0.351 e. The van der Waals surface area contributed by atoms with Gasteiger partial charge in [-0.1, -0.05) is 60.7 Å². The van der Waals surface area contributed by atoms with Crippen LogP contribution in [0.1, 0.15) is 24.0 Å². The first kappa shape index (κ1) is 23.4. The quantitative estimate of drug-likeness (QED) is 0.736. The number of carbonyl (C=O) groups is 1. The van der Waals surface area contributed by atoms with E-state index in [9.17, 15) is 4.79 Å². The number of hydrogen-bond acceptors (Lipinski definition) is 3. The zero-order chi connectivity index (χ0) is 17.3. The van der Waals surface area contributed by atoms with Crippen LogP contribution in [0.15, 0.2) is 60.7 Å². The second kappa shape index (κ2) is 12.7. The van der Waals surface area contributed by atoms with E-state index in [1.165, 1.54) is 11.1 Å². The van der Waals surface area contributed by atoms with Gasteiger partial charge in [0.05, 0.1) is 6.54 Å². The fourth-order valence-electron chi connectivity index (χ4n) is 3.30. The fourth-order valence-corrected chi connectivity index (χ4v) is 3.30. The van der Waals surface area contributed by atoms with Gasteiger partial charge in [0.15, 0.2) is 0 Å². The van der Waals surface area contributed by atoms with Crippen molar-refractivity contribution in [3.05, 3.63) is 71.8 Å². The molecule has 1 atom stereocenters. The summed E-state index contributed by atoms with van der Waals surface area (Å²) in [7, 11) is 0. The topological polar surface area (TPSA) is 44.4 Å². The molecule has 27 heavy (non-hydrogen) atoms. The number of halogens is 2. The molecule has 2 aromatic carbocycles. The molecule has 1 amide bonds. The van der Waals surface area contributed by atoms with Crippen LogP contribution in [0.4, 0.5) is 0 Å². The summed E-state index contributed by atoms with van der Waals surface area (Å²) in [6.07, 6.45) is 2.19. The number of nitrogens with one attached hydrogen (secondary N) is 2. The van der Waals surface area contributed by atoms with E-state index in [0.29, 0.717) is 6.54 Å². The average Bonchev–Trinajstić information content (AvgIpc) is 2.64. The summed E-state index contributed by atoms with van der Waals surface area (Å²) in [6, 6.07) is 20.9. The van der Waals surface area contributed by atoms with Gasteiger partial charge in [-0.25, -0.2) is 0 Å². The first-order valence-electron chi connectivity index (χ1n) is 9.10. The number of hydrogen-bond donors (Lipinski definition) is 2. The average molecular weight is 410 g/mol. The summed E-state index contributed by atoms with van der Waals surface area (Å²) < 4.78 is 0. The van der Waals surface area contributed by atoms with Gasteiger partial charge < -0.3 is 10.6 Å². The number of carbonyl (C=O) groups excluding carboxylic acids is 1. The Morgan fingerprint density at radius 2 is 1.52 bits per heavy atom. The number of amides is 1. The first-order chi connectivity index (χ1) is 12.3. The van der Waals surface area contributed by atoms with Crippen molar-refractivity contribution in [2.45, 2.75) is 32.0 Å². The molecule has 1 fully saturated rings. The molecule has 3 rings (SSSR count). The Bertz CT molecular complexity index is 607. The Labute approximate surface area is 174 Å². The Morgan fingerprint density at radius 3 is 2.00 bits per heavy atom. The van der Waals surface area contributed by atoms with Crippen molar-refractivity contribution in [2.24, 2.45) is 0 Å². The standard InChI is InChI=1S/C21H27N3O.2ClH/c25-21(23-20-12-7-13-22-14-20)17-24(15-18-8-3-1-4-9-18)16-19-10-5-2-6-11-19;;/h1-6,8-11,20,22H,7,12-17H2,(H,23,25);2*1H/t20-;;/m0../s1. The fraction of sp³-hybridized carbons (Fsp3) is 0.381. The van der Waals surface area contributed by atoms with Crippen LogP contribution in [-0.2, 0) is 17.9 Å². The Hall–Kier alpha value is -1.59. The van der Waals surface area contributed by atoms with E-state index >= 15 is 0 Å². The lowest BCUT2D eigenvalue weighted by molar-refractivity contribution is -0.123. The molecule has 4 nitrogen and oxygen atoms in total. The van der Waals surface area contributed by atoms with E-state index < -0.39 is 0 Å². The van der Waals surface area contributed by atoms with Crippen LogP contribution >= 0.6 is 24.8 Å². The predicted octanol–water partition coefficient (Wildman–Crippen LogP) is 3.40. The number of benzene rings is 2. The molecule has 148 valence electrons. The van der Waals surface area contributed by atoms with Crippen LogP contribution in [0.2, 0.25) is 0 Å². The highest BCUT2D eigenvalue weighted by Crippen LogP contribution is 2.10. The highest BCUT2D eigenvalue weighted by molar-refractivity contribution is 5.85. The van der Waals surface area contributed by atoms with Crippen molar-refractivity contribution in [3.8, 4) is 0 Å². The van der Waals surface area contributed by atoms with Crippen molar-refractivity contribution >= 4 is 30.7 Å². The maximum atomic E-state index is 12.5. The van der Waals surface area contributed by atoms with Crippen molar-refractivity contribution < 1.29 is 4.79 Å². The molecule has 0 radical (unpaired) electrons. The molecule has 0 aliphatic carbocycles. The van der Waals surface area contributed by atoms with E-state index in [1.807, 2.05) is 36.4 Å². The van der Waals surface area contributed by atoms with Crippen LogP contribution in [0.25, 0.3) is 0 Å². The molecule has 6 heteroatoms. The van der Waals surface area contributed by atoms with Crippen molar-refractivity contribution in [2.75, 3.05) is 19.6 Å². The Balaban J connectivity index is 0.00000182. The Kier molecular flexibility index (Phi) is 11.1. The molecule has 2 aromatic rings. The maximum Gasteiger partial charge on any atom is 0.234 e. The van der Waals surface area contributed by atoms with Gasteiger partial charge in [-0.05, 0) is 30.5 Å². The van der Waals surface area contributed by atoms with Crippen LogP contribution in [0.5, 0.6) is 0 Å². The van der Waals surface area contributed by atoms with Gasteiger partial charge in [0.25, 0.3) is 0 Å². The summed E-state index contributed by atoms with van der Waals surface area (Å²) in [5.41, 5.74) is 2.45. The molecular formula is C21H29Cl2N3O. The van der Waals surface area contributed by atoms with Crippen molar-refractivity contribution in [1.82, 2.24) is 15.5 Å². The molecule has 0 aromatic heterocycles. The molecule has 0 bridgehead atoms. The third-order valence-electron chi connectivity index (χ3n) is 4.53. The molecule has 0 saturated carbocycles. The summed E-state index contributed by atoms with van der Waals surface area (Å²) in [4.78, 5) is 14.7. The van der Waals surface area contributed by atoms with E-state index in [2.05, 4.69) is 39.8 Å². The molecule has 2 N–H and O–H groups in total. The first-order valence-corrected chi connectivity index (χ1v) is 9.10. The zero-order valence-electron chi connectivity index (χ0n) is 15.5. The van der Waals surface area contributed by atoms with Gasteiger partial charge in [-0.2, -0.15) is 0 Å². The van der Waals surface area contributed by atoms with Gasteiger partial charge in [0.2, 0.25) is 5.91 Å². The molecule has 1 saturated heterocycles. The monoisotopic (exact) mass is 409 g/mol. The minimum atomic E-state index is 0. The van der Waals surface area contributed by atoms with Gasteiger partial charge >= 0.3 is 0 Å². The van der Waals surface area contributed by atoms with Crippen LogP contribution in [0.3, 0.4) is 0 Å². The summed E-state index contributed by atoms with van der Waals surface area (Å²) in [6.45, 7) is 3.89. The SMILES string of the molecule is Cl.Cl.O=C(CN(Cc1ccccc1)Cc1ccccc1)N[C@H]1CCCNC1. The maximum absolute atomic E-state index is 12.5. The predicted molar refractivity (Wildman–Crippen MR) is 116 cm³/mol. The van der Waals surface area contributed by atoms with Crippen molar-refractivity contribution in [1.29, 1.82) is 0 Å². The number of rotatable bonds is 7. The van der Waals surface area contributed by atoms with Crippen LogP contribution in [0, 0.1) is 0 Å². The number of piperidine rings is 1. The summed E-state index contributed by atoms with van der Waals surface area (Å²) >= 11 is 0. The van der Waals surface area contributed by atoms with Gasteiger partial charge in [0, 0.05) is 25.7 Å². The number of nitrogens with zero attached hydrogens (tertiary/aromatic N) is 1. The smallest absolute Gasteiger partial charge is 0.234 e. The molecule has 1 heterocycles. The van der Waals surface area contributed by atoms with E-state index in [0.717, 1.165) is 39.0 Å². The third kappa shape index (κ3) is 8.31. The van der Waals surface area contributed by atoms with Gasteiger partial charge in [-0.3, -0.25) is 9.69 Å². The van der Waals surface area contributed by atoms with Gasteiger partial charge in [0.1, 0.15) is 0 Å². The molecular weight excluding hydrogens is 381 g/mol. The highest BCUT2D eigenvalue weighted by atomic mass is 35.5. The molecule has 1 aliphatic rings. The van der Waals surface area contributed by atoms with Crippen LogP contribution < -0.4 is 10.6 Å². The molecule has 1 aliphatic heterocycles.